The van der Waals surface area contributed by atoms with Crippen LogP contribution in [0.2, 0.25) is 0 Å². The van der Waals surface area contributed by atoms with Crippen molar-refractivity contribution in [3.63, 3.8) is 0 Å². The molecule has 0 spiro atoms. The number of esters is 1. The zero-order valence-corrected chi connectivity index (χ0v) is 10.6. The molecule has 0 radical (unpaired) electrons. The standard InChI is InChI=1S/C14H21NO2/c1-11(2)8-10-17-14(16)13-5-3-12(4-6-13)7-9-15/h3-6,11H,7-10,15H2,1-2H3. The van der Waals surface area contributed by atoms with E-state index in [1.165, 1.54) is 0 Å². The zero-order valence-electron chi connectivity index (χ0n) is 10.6. The minimum atomic E-state index is -0.245. The number of carbonyl (C=O) groups excluding carboxylic acids is 1. The summed E-state index contributed by atoms with van der Waals surface area (Å²) >= 11 is 0. The van der Waals surface area contributed by atoms with Gasteiger partial charge in [-0.05, 0) is 43.0 Å². The lowest BCUT2D eigenvalue weighted by molar-refractivity contribution is 0.0488. The summed E-state index contributed by atoms with van der Waals surface area (Å²) in [5.41, 5.74) is 7.21. The van der Waals surface area contributed by atoms with Crippen LogP contribution in [0.25, 0.3) is 0 Å². The van der Waals surface area contributed by atoms with Crippen LogP contribution < -0.4 is 5.73 Å². The molecule has 0 saturated carbocycles. The van der Waals surface area contributed by atoms with Crippen LogP contribution in [0.1, 0.15) is 36.2 Å². The van der Waals surface area contributed by atoms with Gasteiger partial charge in [-0.15, -0.1) is 0 Å². The second-order valence-corrected chi connectivity index (χ2v) is 4.55. The molecule has 3 nitrogen and oxygen atoms in total. The minimum Gasteiger partial charge on any atom is -0.462 e. The van der Waals surface area contributed by atoms with Gasteiger partial charge in [0.15, 0.2) is 0 Å². The van der Waals surface area contributed by atoms with Gasteiger partial charge in [0, 0.05) is 0 Å². The molecule has 0 aromatic heterocycles. The highest BCUT2D eigenvalue weighted by molar-refractivity contribution is 5.89. The molecule has 0 amide bonds. The molecule has 0 fully saturated rings. The second kappa shape index (κ2) is 7.07. The SMILES string of the molecule is CC(C)CCOC(=O)c1ccc(CCN)cc1. The van der Waals surface area contributed by atoms with Crippen LogP contribution in [0.5, 0.6) is 0 Å². The van der Waals surface area contributed by atoms with Crippen LogP contribution in [0.4, 0.5) is 0 Å². The van der Waals surface area contributed by atoms with E-state index in [0.29, 0.717) is 24.6 Å². The van der Waals surface area contributed by atoms with E-state index < -0.39 is 0 Å². The molecule has 1 rings (SSSR count). The Morgan fingerprint density at radius 3 is 2.47 bits per heavy atom. The third-order valence-corrected chi connectivity index (χ3v) is 2.55. The van der Waals surface area contributed by atoms with Crippen molar-refractivity contribution in [2.75, 3.05) is 13.2 Å². The molecule has 0 atom stereocenters. The van der Waals surface area contributed by atoms with E-state index >= 15 is 0 Å². The molecule has 94 valence electrons. The Bertz CT molecular complexity index is 344. The molecule has 0 bridgehead atoms. The molecule has 17 heavy (non-hydrogen) atoms. The van der Waals surface area contributed by atoms with Crippen LogP contribution in [0.15, 0.2) is 24.3 Å². The van der Waals surface area contributed by atoms with Crippen LogP contribution in [-0.4, -0.2) is 19.1 Å². The maximum Gasteiger partial charge on any atom is 0.338 e. The van der Waals surface area contributed by atoms with E-state index in [2.05, 4.69) is 13.8 Å². The smallest absolute Gasteiger partial charge is 0.338 e. The van der Waals surface area contributed by atoms with E-state index in [1.807, 2.05) is 12.1 Å². The first kappa shape index (κ1) is 13.7. The predicted molar refractivity (Wildman–Crippen MR) is 68.9 cm³/mol. The van der Waals surface area contributed by atoms with Crippen molar-refractivity contribution < 1.29 is 9.53 Å². The molecular formula is C14H21NO2. The molecule has 3 heteroatoms. The summed E-state index contributed by atoms with van der Waals surface area (Å²) in [5.74, 6) is 0.305. The predicted octanol–water partition coefficient (Wildman–Crippen LogP) is 2.39. The zero-order chi connectivity index (χ0) is 12.7. The summed E-state index contributed by atoms with van der Waals surface area (Å²) in [4.78, 5) is 11.6. The average Bonchev–Trinajstić information content (AvgIpc) is 2.30. The van der Waals surface area contributed by atoms with Crippen molar-refractivity contribution in [1.82, 2.24) is 0 Å². The fourth-order valence-electron chi connectivity index (χ4n) is 1.44. The number of hydrogen-bond donors (Lipinski definition) is 1. The first-order valence-electron chi connectivity index (χ1n) is 6.09. The summed E-state index contributed by atoms with van der Waals surface area (Å²) in [6.07, 6.45) is 1.74. The molecule has 1 aromatic carbocycles. The highest BCUT2D eigenvalue weighted by atomic mass is 16.5. The molecule has 0 aliphatic carbocycles. The number of nitrogens with two attached hydrogens (primary N) is 1. The van der Waals surface area contributed by atoms with Crippen molar-refractivity contribution in [2.45, 2.75) is 26.7 Å². The fraction of sp³-hybridized carbons (Fsp3) is 0.500. The van der Waals surface area contributed by atoms with Crippen LogP contribution >= 0.6 is 0 Å². The first-order valence-corrected chi connectivity index (χ1v) is 6.09. The number of hydrogen-bond acceptors (Lipinski definition) is 3. The van der Waals surface area contributed by atoms with Gasteiger partial charge in [0.2, 0.25) is 0 Å². The van der Waals surface area contributed by atoms with Gasteiger partial charge in [-0.3, -0.25) is 0 Å². The van der Waals surface area contributed by atoms with Crippen molar-refractivity contribution in [2.24, 2.45) is 11.7 Å². The molecule has 2 N–H and O–H groups in total. The van der Waals surface area contributed by atoms with Crippen molar-refractivity contribution in [3.05, 3.63) is 35.4 Å². The minimum absolute atomic E-state index is 0.245. The van der Waals surface area contributed by atoms with Crippen molar-refractivity contribution in [1.29, 1.82) is 0 Å². The van der Waals surface area contributed by atoms with Gasteiger partial charge in [-0.2, -0.15) is 0 Å². The van der Waals surface area contributed by atoms with Crippen molar-refractivity contribution >= 4 is 5.97 Å². The van der Waals surface area contributed by atoms with E-state index in [1.54, 1.807) is 12.1 Å². The molecule has 1 aromatic rings. The number of carbonyl (C=O) groups is 1. The summed E-state index contributed by atoms with van der Waals surface area (Å²) in [5, 5.41) is 0. The van der Waals surface area contributed by atoms with E-state index in [0.717, 1.165) is 18.4 Å². The lowest BCUT2D eigenvalue weighted by Crippen LogP contribution is -2.08. The van der Waals surface area contributed by atoms with E-state index in [4.69, 9.17) is 10.5 Å². The summed E-state index contributed by atoms with van der Waals surface area (Å²) in [6, 6.07) is 7.43. The maximum atomic E-state index is 11.6. The Labute approximate surface area is 103 Å². The van der Waals surface area contributed by atoms with E-state index in [9.17, 15) is 4.79 Å². The van der Waals surface area contributed by atoms with Crippen LogP contribution in [0, 0.1) is 5.92 Å². The topological polar surface area (TPSA) is 52.3 Å². The van der Waals surface area contributed by atoms with Gasteiger partial charge in [0.1, 0.15) is 0 Å². The largest absolute Gasteiger partial charge is 0.462 e. The summed E-state index contributed by atoms with van der Waals surface area (Å²) in [6.45, 7) is 5.32. The van der Waals surface area contributed by atoms with E-state index in [-0.39, 0.29) is 5.97 Å². The van der Waals surface area contributed by atoms with Gasteiger partial charge < -0.3 is 10.5 Å². The Morgan fingerprint density at radius 1 is 1.29 bits per heavy atom. The van der Waals surface area contributed by atoms with Gasteiger partial charge in [0.05, 0.1) is 12.2 Å². The van der Waals surface area contributed by atoms with Crippen LogP contribution in [-0.2, 0) is 11.2 Å². The maximum absolute atomic E-state index is 11.6. The Morgan fingerprint density at radius 2 is 1.94 bits per heavy atom. The third kappa shape index (κ3) is 5.00. The number of benzene rings is 1. The monoisotopic (exact) mass is 235 g/mol. The van der Waals surface area contributed by atoms with Gasteiger partial charge >= 0.3 is 5.97 Å². The third-order valence-electron chi connectivity index (χ3n) is 2.55. The first-order chi connectivity index (χ1) is 8.13. The van der Waals surface area contributed by atoms with Gasteiger partial charge in [-0.1, -0.05) is 26.0 Å². The van der Waals surface area contributed by atoms with Gasteiger partial charge in [0.25, 0.3) is 0 Å². The molecular weight excluding hydrogens is 214 g/mol. The van der Waals surface area contributed by atoms with Gasteiger partial charge in [-0.25, -0.2) is 4.79 Å². The Balaban J connectivity index is 2.46. The lowest BCUT2D eigenvalue weighted by atomic mass is 10.1. The number of rotatable bonds is 6. The lowest BCUT2D eigenvalue weighted by Gasteiger charge is -2.07. The average molecular weight is 235 g/mol. The number of ether oxygens (including phenoxy) is 1. The highest BCUT2D eigenvalue weighted by Crippen LogP contribution is 2.07. The summed E-state index contributed by atoms with van der Waals surface area (Å²) < 4.78 is 5.18. The molecule has 0 saturated heterocycles. The Hall–Kier alpha value is -1.35. The Kier molecular flexibility index (Phi) is 5.70. The molecule has 0 aliphatic heterocycles. The van der Waals surface area contributed by atoms with Crippen molar-refractivity contribution in [3.8, 4) is 0 Å². The fourth-order valence-corrected chi connectivity index (χ4v) is 1.44. The normalized spacial score (nSPS) is 10.6. The molecule has 0 unspecified atom stereocenters. The molecule has 0 heterocycles. The van der Waals surface area contributed by atoms with Crippen LogP contribution in [0.3, 0.4) is 0 Å². The highest BCUT2D eigenvalue weighted by Gasteiger charge is 2.06. The molecule has 0 aliphatic rings. The second-order valence-electron chi connectivity index (χ2n) is 4.55. The summed E-state index contributed by atoms with van der Waals surface area (Å²) in [7, 11) is 0. The quantitative estimate of drug-likeness (QED) is 0.770.